The number of rotatable bonds is 8. The van der Waals surface area contributed by atoms with Gasteiger partial charge in [-0.1, -0.05) is 30.3 Å². The number of aromatic nitrogens is 1. The van der Waals surface area contributed by atoms with Gasteiger partial charge < -0.3 is 15.0 Å². The maximum absolute atomic E-state index is 13.1. The number of nitrogens with one attached hydrogen (secondary N) is 1. The highest BCUT2D eigenvalue weighted by atomic mass is 16.5. The number of Topliss-reactive ketones (excluding diaryl/α,β-unsaturated/α-hetero) is 1. The highest BCUT2D eigenvalue weighted by Crippen LogP contribution is 2.35. The Labute approximate surface area is 218 Å². The number of ketones is 1. The maximum atomic E-state index is 13.1. The number of likely N-dealkylation sites (tertiary alicyclic amines) is 1. The molecule has 0 saturated carbocycles. The van der Waals surface area contributed by atoms with Gasteiger partial charge in [0.25, 0.3) is 0 Å². The Bertz CT molecular complexity index is 1250. The van der Waals surface area contributed by atoms with Gasteiger partial charge in [-0.25, -0.2) is 0 Å². The van der Waals surface area contributed by atoms with Crippen molar-refractivity contribution >= 4 is 17.4 Å². The Hall–Kier alpha value is -3.55. The van der Waals surface area contributed by atoms with Crippen molar-refractivity contribution in [1.29, 1.82) is 0 Å². The molecule has 5 rings (SSSR count). The third-order valence-electron chi connectivity index (χ3n) is 7.59. The number of benzene rings is 2. The molecule has 2 aliphatic heterocycles. The number of pyridine rings is 1. The molecule has 1 saturated heterocycles. The van der Waals surface area contributed by atoms with E-state index in [4.69, 9.17) is 4.74 Å². The third kappa shape index (κ3) is 5.43. The third-order valence-corrected chi connectivity index (χ3v) is 7.59. The van der Waals surface area contributed by atoms with E-state index in [9.17, 15) is 9.59 Å². The summed E-state index contributed by atoms with van der Waals surface area (Å²) in [6.07, 6.45) is 6.60. The van der Waals surface area contributed by atoms with E-state index in [1.807, 2.05) is 19.2 Å². The second kappa shape index (κ2) is 11.2. The van der Waals surface area contributed by atoms with Crippen LogP contribution < -0.4 is 15.0 Å². The fraction of sp³-hybridized carbons (Fsp3) is 0.367. The van der Waals surface area contributed by atoms with Crippen LogP contribution in [-0.4, -0.2) is 54.9 Å². The summed E-state index contributed by atoms with van der Waals surface area (Å²) in [4.78, 5) is 33.6. The molecular formula is C30H34N4O3. The van der Waals surface area contributed by atoms with E-state index in [0.717, 1.165) is 48.4 Å². The number of ether oxygens (including phenoxy) is 1. The number of methoxy groups -OCH3 is 1. The second-order valence-corrected chi connectivity index (χ2v) is 9.87. The lowest BCUT2D eigenvalue weighted by Crippen LogP contribution is -2.49. The Kier molecular flexibility index (Phi) is 7.63. The number of carbonyl (C=O) groups excluding carboxylic acids is 2. The lowest BCUT2D eigenvalue weighted by molar-refractivity contribution is -0.118. The molecule has 2 aromatic carbocycles. The first kappa shape index (κ1) is 25.1. The molecule has 1 fully saturated rings. The van der Waals surface area contributed by atoms with Gasteiger partial charge in [-0.3, -0.25) is 19.5 Å². The minimum atomic E-state index is 0.0587. The number of aryl methyl sites for hydroxylation is 1. The molecule has 0 bridgehead atoms. The van der Waals surface area contributed by atoms with Crippen LogP contribution in [0.5, 0.6) is 5.75 Å². The molecule has 0 spiro atoms. The number of amides is 1. The zero-order chi connectivity index (χ0) is 25.8. The predicted molar refractivity (Wildman–Crippen MR) is 144 cm³/mol. The highest BCUT2D eigenvalue weighted by Gasteiger charge is 2.34. The Morgan fingerprint density at radius 2 is 1.97 bits per heavy atom. The van der Waals surface area contributed by atoms with Crippen LogP contribution in [0.4, 0.5) is 5.69 Å². The van der Waals surface area contributed by atoms with Crippen LogP contribution in [0.25, 0.3) is 0 Å². The standard InChI is InChI=1S/C30H34N4O3/c1-33-26-16-24(28(37-2)17-22(26)12-13-29(33)36)19-32-25-11-7-15-34(30(25)21-8-4-3-5-9-21)20-27(35)23-10-6-14-31-18-23/h3-6,8-10,14,16-18,25,30,32H,7,11-13,15,19-20H2,1-2H3. The maximum Gasteiger partial charge on any atom is 0.227 e. The summed E-state index contributed by atoms with van der Waals surface area (Å²) in [5.41, 5.74) is 4.96. The van der Waals surface area contributed by atoms with Gasteiger partial charge in [0, 0.05) is 55.3 Å². The summed E-state index contributed by atoms with van der Waals surface area (Å²) in [5.74, 6) is 1.06. The zero-order valence-corrected chi connectivity index (χ0v) is 21.5. The Balaban J connectivity index is 1.39. The number of piperidine rings is 1. The summed E-state index contributed by atoms with van der Waals surface area (Å²) in [5, 5.41) is 3.79. The van der Waals surface area contributed by atoms with Gasteiger partial charge in [0.05, 0.1) is 19.7 Å². The number of nitrogens with zero attached hydrogens (tertiary/aromatic N) is 3. The van der Waals surface area contributed by atoms with E-state index < -0.39 is 0 Å². The molecule has 0 radical (unpaired) electrons. The minimum absolute atomic E-state index is 0.0587. The van der Waals surface area contributed by atoms with Crippen molar-refractivity contribution in [3.05, 3.63) is 89.2 Å². The van der Waals surface area contributed by atoms with Crippen LogP contribution in [0.15, 0.2) is 67.0 Å². The summed E-state index contributed by atoms with van der Waals surface area (Å²) in [6.45, 7) is 1.81. The largest absolute Gasteiger partial charge is 0.496 e. The van der Waals surface area contributed by atoms with Gasteiger partial charge in [-0.05, 0) is 61.2 Å². The quantitative estimate of drug-likeness (QED) is 0.470. The van der Waals surface area contributed by atoms with Crippen LogP contribution in [-0.2, 0) is 17.8 Å². The molecule has 37 heavy (non-hydrogen) atoms. The van der Waals surface area contributed by atoms with Crippen molar-refractivity contribution in [3.63, 3.8) is 0 Å². The minimum Gasteiger partial charge on any atom is -0.496 e. The van der Waals surface area contributed by atoms with Crippen molar-refractivity contribution in [2.24, 2.45) is 0 Å². The van der Waals surface area contributed by atoms with Crippen molar-refractivity contribution in [2.75, 3.05) is 32.1 Å². The van der Waals surface area contributed by atoms with Crippen molar-refractivity contribution in [1.82, 2.24) is 15.2 Å². The van der Waals surface area contributed by atoms with Crippen LogP contribution in [0.3, 0.4) is 0 Å². The van der Waals surface area contributed by atoms with Crippen LogP contribution in [0, 0.1) is 0 Å². The smallest absolute Gasteiger partial charge is 0.227 e. The van der Waals surface area contributed by atoms with Gasteiger partial charge in [-0.15, -0.1) is 0 Å². The molecular weight excluding hydrogens is 464 g/mol. The van der Waals surface area contributed by atoms with Crippen LogP contribution in [0.2, 0.25) is 0 Å². The van der Waals surface area contributed by atoms with E-state index in [0.29, 0.717) is 25.1 Å². The molecule has 0 aliphatic carbocycles. The molecule has 7 nitrogen and oxygen atoms in total. The molecule has 2 unspecified atom stereocenters. The number of hydrogen-bond donors (Lipinski definition) is 1. The average Bonchev–Trinajstić information content (AvgIpc) is 2.94. The van der Waals surface area contributed by atoms with Gasteiger partial charge in [0.1, 0.15) is 5.75 Å². The summed E-state index contributed by atoms with van der Waals surface area (Å²) < 4.78 is 5.74. The monoisotopic (exact) mass is 498 g/mol. The molecule has 1 N–H and O–H groups in total. The number of carbonyl (C=O) groups is 2. The van der Waals surface area contributed by atoms with Crippen molar-refractivity contribution in [2.45, 2.75) is 44.3 Å². The molecule has 1 aromatic heterocycles. The first-order valence-corrected chi connectivity index (χ1v) is 13.0. The molecule has 7 heteroatoms. The van der Waals surface area contributed by atoms with Crippen molar-refractivity contribution in [3.8, 4) is 5.75 Å². The van der Waals surface area contributed by atoms with Gasteiger partial charge >= 0.3 is 0 Å². The van der Waals surface area contributed by atoms with Crippen molar-refractivity contribution < 1.29 is 14.3 Å². The van der Waals surface area contributed by atoms with E-state index in [1.54, 1.807) is 30.5 Å². The Morgan fingerprint density at radius 3 is 2.73 bits per heavy atom. The second-order valence-electron chi connectivity index (χ2n) is 9.87. The molecule has 2 atom stereocenters. The zero-order valence-electron chi connectivity index (χ0n) is 21.5. The lowest BCUT2D eigenvalue weighted by Gasteiger charge is -2.42. The van der Waals surface area contributed by atoms with Crippen LogP contribution >= 0.6 is 0 Å². The van der Waals surface area contributed by atoms with E-state index in [1.165, 1.54) is 5.56 Å². The number of hydrogen-bond acceptors (Lipinski definition) is 6. The first-order chi connectivity index (χ1) is 18.0. The highest BCUT2D eigenvalue weighted by molar-refractivity contribution is 5.97. The average molecular weight is 499 g/mol. The molecule has 192 valence electrons. The van der Waals surface area contributed by atoms with Crippen LogP contribution in [0.1, 0.15) is 52.4 Å². The summed E-state index contributed by atoms with van der Waals surface area (Å²) in [6, 6.07) is 18.4. The topological polar surface area (TPSA) is 74.8 Å². The summed E-state index contributed by atoms with van der Waals surface area (Å²) in [7, 11) is 3.54. The Morgan fingerprint density at radius 1 is 1.14 bits per heavy atom. The molecule has 1 amide bonds. The van der Waals surface area contributed by atoms with Gasteiger partial charge in [-0.2, -0.15) is 0 Å². The summed E-state index contributed by atoms with van der Waals surface area (Å²) >= 11 is 0. The first-order valence-electron chi connectivity index (χ1n) is 13.0. The van der Waals surface area contributed by atoms with Gasteiger partial charge in [0.15, 0.2) is 5.78 Å². The normalized spacial score (nSPS) is 19.9. The number of fused-ring (bicyclic) bond motifs is 1. The fourth-order valence-electron chi connectivity index (χ4n) is 5.63. The SMILES string of the molecule is COc1cc2c(cc1CNC1CCCN(CC(=O)c3cccnc3)C1c1ccccc1)N(C)C(=O)CC2. The van der Waals surface area contributed by atoms with E-state index >= 15 is 0 Å². The molecule has 3 heterocycles. The lowest BCUT2D eigenvalue weighted by atomic mass is 9.89. The predicted octanol–water partition coefficient (Wildman–Crippen LogP) is 4.18. The molecule has 3 aromatic rings. The van der Waals surface area contributed by atoms with Gasteiger partial charge in [0.2, 0.25) is 5.91 Å². The van der Waals surface area contributed by atoms with E-state index in [-0.39, 0.29) is 23.8 Å². The fourth-order valence-corrected chi connectivity index (χ4v) is 5.63. The number of anilines is 1. The molecule has 2 aliphatic rings. The van der Waals surface area contributed by atoms with E-state index in [2.05, 4.69) is 51.6 Å².